The molecule has 0 aromatic heterocycles. The zero-order chi connectivity index (χ0) is 19.3. The van der Waals surface area contributed by atoms with Crippen molar-refractivity contribution in [1.29, 1.82) is 0 Å². The number of hydrogen-bond donors (Lipinski definition) is 1. The van der Waals surface area contributed by atoms with E-state index in [1.54, 1.807) is 25.1 Å². The zero-order valence-electron chi connectivity index (χ0n) is 14.1. The van der Waals surface area contributed by atoms with E-state index in [-0.39, 0.29) is 11.3 Å². The van der Waals surface area contributed by atoms with Gasteiger partial charge in [-0.05, 0) is 31.2 Å². The van der Waals surface area contributed by atoms with Gasteiger partial charge < -0.3 is 10.1 Å². The van der Waals surface area contributed by atoms with Crippen LogP contribution in [-0.2, 0) is 20.3 Å². The van der Waals surface area contributed by atoms with Crippen molar-refractivity contribution in [2.24, 2.45) is 0 Å². The Hall–Kier alpha value is -2.61. The first-order valence-electron chi connectivity index (χ1n) is 7.77. The number of carbonyl (C=O) groups is 2. The van der Waals surface area contributed by atoms with E-state index in [0.717, 1.165) is 12.1 Å². The van der Waals surface area contributed by atoms with E-state index >= 15 is 0 Å². The maximum Gasteiger partial charge on any atom is 0.340 e. The van der Waals surface area contributed by atoms with E-state index in [1.807, 2.05) is 0 Å². The Morgan fingerprint density at radius 1 is 1.15 bits per heavy atom. The first kappa shape index (κ1) is 19.7. The van der Waals surface area contributed by atoms with Crippen LogP contribution in [0.5, 0.6) is 0 Å². The van der Waals surface area contributed by atoms with Crippen LogP contribution < -0.4 is 5.32 Å². The van der Waals surface area contributed by atoms with Gasteiger partial charge in [0.15, 0.2) is 17.7 Å². The summed E-state index contributed by atoms with van der Waals surface area (Å²) in [5.41, 5.74) is 0.143. The van der Waals surface area contributed by atoms with Crippen LogP contribution in [0, 0.1) is 11.6 Å². The molecular formula is C18H17F2NO4S. The van der Waals surface area contributed by atoms with Crippen LogP contribution in [0.2, 0.25) is 0 Å². The second-order valence-electron chi connectivity index (χ2n) is 5.30. The molecule has 26 heavy (non-hydrogen) atoms. The monoisotopic (exact) mass is 381 g/mol. The number of ether oxygens (including phenoxy) is 1. The highest BCUT2D eigenvalue weighted by Crippen LogP contribution is 2.17. The minimum atomic E-state index is -1.36. The van der Waals surface area contributed by atoms with Gasteiger partial charge in [0.05, 0.1) is 21.3 Å². The molecule has 0 bridgehead atoms. The maximum absolute atomic E-state index is 13.2. The van der Waals surface area contributed by atoms with Gasteiger partial charge in [-0.2, -0.15) is 0 Å². The highest BCUT2D eigenvalue weighted by atomic mass is 32.2. The third kappa shape index (κ3) is 4.72. The highest BCUT2D eigenvalue weighted by Gasteiger charge is 2.22. The number of rotatable bonds is 6. The average Bonchev–Trinajstić information content (AvgIpc) is 2.63. The predicted molar refractivity (Wildman–Crippen MR) is 93.3 cm³/mol. The number of hydrogen-bond acceptors (Lipinski definition) is 4. The smallest absolute Gasteiger partial charge is 0.340 e. The Labute approximate surface area is 151 Å². The summed E-state index contributed by atoms with van der Waals surface area (Å²) in [6, 6.07) is 9.15. The first-order chi connectivity index (χ1) is 12.3. The molecule has 0 aliphatic rings. The summed E-state index contributed by atoms with van der Waals surface area (Å²) in [4.78, 5) is 24.7. The van der Waals surface area contributed by atoms with Gasteiger partial charge >= 0.3 is 5.97 Å². The van der Waals surface area contributed by atoms with E-state index in [0.29, 0.717) is 10.6 Å². The molecule has 138 valence electrons. The number of benzene rings is 2. The summed E-state index contributed by atoms with van der Waals surface area (Å²) in [6.45, 7) is 3.06. The summed E-state index contributed by atoms with van der Waals surface area (Å²) in [5, 5.41) is 2.33. The van der Waals surface area contributed by atoms with Crippen LogP contribution in [0.4, 0.5) is 14.5 Å². The van der Waals surface area contributed by atoms with Crippen LogP contribution in [0.25, 0.3) is 0 Å². The lowest BCUT2D eigenvalue weighted by atomic mass is 10.2. The van der Waals surface area contributed by atoms with E-state index in [4.69, 9.17) is 4.74 Å². The van der Waals surface area contributed by atoms with Crippen molar-refractivity contribution in [3.05, 3.63) is 59.7 Å². The highest BCUT2D eigenvalue weighted by molar-refractivity contribution is 7.85. The number of carbonyl (C=O) groups excluding carboxylic acids is 2. The molecule has 0 fully saturated rings. The van der Waals surface area contributed by atoms with Crippen LogP contribution in [0.15, 0.2) is 47.4 Å². The molecule has 0 heterocycles. The summed E-state index contributed by atoms with van der Waals surface area (Å²) < 4.78 is 43.2. The molecular weight excluding hydrogens is 364 g/mol. The lowest BCUT2D eigenvalue weighted by molar-refractivity contribution is -0.123. The second-order valence-corrected chi connectivity index (χ2v) is 7.00. The van der Waals surface area contributed by atoms with Crippen molar-refractivity contribution in [2.75, 3.05) is 11.1 Å². The molecule has 0 saturated heterocycles. The molecule has 0 saturated carbocycles. The second kappa shape index (κ2) is 8.66. The Bertz CT molecular complexity index is 857. The quantitative estimate of drug-likeness (QED) is 0.780. The van der Waals surface area contributed by atoms with Gasteiger partial charge in [0.2, 0.25) is 0 Å². The van der Waals surface area contributed by atoms with Gasteiger partial charge in [-0.25, -0.2) is 13.6 Å². The lowest BCUT2D eigenvalue weighted by Gasteiger charge is -2.15. The molecule has 5 nitrogen and oxygen atoms in total. The van der Waals surface area contributed by atoms with Gasteiger partial charge in [0.25, 0.3) is 5.91 Å². The van der Waals surface area contributed by atoms with Crippen LogP contribution >= 0.6 is 0 Å². The number of amides is 1. The van der Waals surface area contributed by atoms with Gasteiger partial charge in [-0.1, -0.05) is 19.1 Å². The number of esters is 1. The fourth-order valence-corrected chi connectivity index (χ4v) is 3.02. The first-order valence-corrected chi connectivity index (χ1v) is 9.09. The lowest BCUT2D eigenvalue weighted by Crippen LogP contribution is -2.30. The zero-order valence-corrected chi connectivity index (χ0v) is 14.9. The van der Waals surface area contributed by atoms with E-state index in [9.17, 15) is 22.6 Å². The molecule has 2 rings (SSSR count). The van der Waals surface area contributed by atoms with Gasteiger partial charge in [0, 0.05) is 17.5 Å². The van der Waals surface area contributed by atoms with E-state index in [1.165, 1.54) is 19.1 Å². The van der Waals surface area contributed by atoms with Crippen LogP contribution in [0.3, 0.4) is 0 Å². The summed E-state index contributed by atoms with van der Waals surface area (Å²) in [7, 11) is -1.36. The van der Waals surface area contributed by atoms with E-state index in [2.05, 4.69) is 5.32 Å². The molecule has 0 aliphatic carbocycles. The maximum atomic E-state index is 13.2. The molecule has 0 unspecified atom stereocenters. The number of anilines is 1. The molecule has 2 atom stereocenters. The molecule has 1 amide bonds. The van der Waals surface area contributed by atoms with Crippen molar-refractivity contribution in [3.8, 4) is 0 Å². The third-order valence-electron chi connectivity index (χ3n) is 3.45. The molecule has 0 aliphatic heterocycles. The average molecular weight is 381 g/mol. The van der Waals surface area contributed by atoms with E-state index < -0.39 is 40.4 Å². The Morgan fingerprint density at radius 2 is 1.85 bits per heavy atom. The largest absolute Gasteiger partial charge is 0.449 e. The Balaban J connectivity index is 2.08. The van der Waals surface area contributed by atoms with Crippen LogP contribution in [0.1, 0.15) is 24.2 Å². The van der Waals surface area contributed by atoms with Crippen molar-refractivity contribution in [2.45, 2.75) is 24.8 Å². The standard InChI is InChI=1S/C18H17F2NO4S/c1-3-26(24)16-7-5-4-6-13(16)18(23)25-11(2)17(22)21-12-8-9-14(19)15(20)10-12/h4-11H,3H2,1-2H3,(H,21,22)/t11-,26+/m0/s1. The molecule has 0 spiro atoms. The van der Waals surface area contributed by atoms with Crippen molar-refractivity contribution in [1.82, 2.24) is 0 Å². The molecule has 0 radical (unpaired) electrons. The fraction of sp³-hybridized carbons (Fsp3) is 0.222. The minimum Gasteiger partial charge on any atom is -0.449 e. The molecule has 2 aromatic carbocycles. The fourth-order valence-electron chi connectivity index (χ4n) is 2.08. The SMILES string of the molecule is CC[S@@](=O)c1ccccc1C(=O)O[C@@H](C)C(=O)Nc1ccc(F)c(F)c1. The molecule has 2 aromatic rings. The third-order valence-corrected chi connectivity index (χ3v) is 4.83. The Kier molecular flexibility index (Phi) is 6.57. The van der Waals surface area contributed by atoms with Crippen molar-refractivity contribution in [3.63, 3.8) is 0 Å². The van der Waals surface area contributed by atoms with Crippen molar-refractivity contribution < 1.29 is 27.3 Å². The molecule has 1 N–H and O–H groups in total. The number of halogens is 2. The summed E-state index contributed by atoms with van der Waals surface area (Å²) in [5.74, 6) is -3.32. The summed E-state index contributed by atoms with van der Waals surface area (Å²) in [6.07, 6.45) is -1.20. The van der Waals surface area contributed by atoms with Gasteiger partial charge in [0.1, 0.15) is 0 Å². The minimum absolute atomic E-state index is 0.0317. The van der Waals surface area contributed by atoms with Gasteiger partial charge in [-0.3, -0.25) is 9.00 Å². The summed E-state index contributed by atoms with van der Waals surface area (Å²) >= 11 is 0. The Morgan fingerprint density at radius 3 is 2.50 bits per heavy atom. The van der Waals surface area contributed by atoms with Gasteiger partial charge in [-0.15, -0.1) is 0 Å². The predicted octanol–water partition coefficient (Wildman–Crippen LogP) is 3.28. The van der Waals surface area contributed by atoms with Crippen LogP contribution in [-0.4, -0.2) is 27.9 Å². The number of nitrogens with one attached hydrogen (secondary N) is 1. The normalized spacial score (nSPS) is 12.9. The van der Waals surface area contributed by atoms with Crippen molar-refractivity contribution >= 4 is 28.4 Å². The topological polar surface area (TPSA) is 72.5 Å². The molecule has 8 heteroatoms.